The molecule has 1 aromatic carbocycles. The minimum absolute atomic E-state index is 0.125. The van der Waals surface area contributed by atoms with Gasteiger partial charge < -0.3 is 19.7 Å². The second kappa shape index (κ2) is 10.7. The zero-order valence-corrected chi connectivity index (χ0v) is 13.4. The molecular weight excluding hydrogens is 253 g/mol. The van der Waals surface area contributed by atoms with Crippen LogP contribution in [0.3, 0.4) is 0 Å². The van der Waals surface area contributed by atoms with Crippen molar-refractivity contribution in [2.75, 3.05) is 14.2 Å². The van der Waals surface area contributed by atoms with Crippen LogP contribution < -0.4 is 10.4 Å². The summed E-state index contributed by atoms with van der Waals surface area (Å²) in [5, 5.41) is 0. The van der Waals surface area contributed by atoms with Gasteiger partial charge in [0.05, 0.1) is 0 Å². The number of hydrogen-bond donors (Lipinski definition) is 1. The normalized spacial score (nSPS) is 10.5. The summed E-state index contributed by atoms with van der Waals surface area (Å²) in [6.45, 7) is 6.44. The zero-order valence-electron chi connectivity index (χ0n) is 13.4. The van der Waals surface area contributed by atoms with E-state index in [1.165, 1.54) is 14.2 Å². The largest absolute Gasteiger partial charge is 0.712 e. The summed E-state index contributed by atoms with van der Waals surface area (Å²) < 4.78 is 15.0. The van der Waals surface area contributed by atoms with Gasteiger partial charge in [0, 0.05) is 19.8 Å². The molecule has 0 heterocycles. The summed E-state index contributed by atoms with van der Waals surface area (Å²) in [5.74, 6) is 0.728. The molecule has 4 nitrogen and oxygen atoms in total. The van der Waals surface area contributed by atoms with Crippen LogP contribution in [0.2, 0.25) is 0 Å². The molecule has 0 fully saturated rings. The average Bonchev–Trinajstić information content (AvgIpc) is 2.53. The molecule has 114 valence electrons. The number of hydrogen-bond acceptors (Lipinski definition) is 4. The lowest BCUT2D eigenvalue weighted by Gasteiger charge is -2.23. The van der Waals surface area contributed by atoms with E-state index < -0.39 is 7.32 Å². The molecule has 0 radical (unpaired) electrons. The van der Waals surface area contributed by atoms with E-state index in [0.29, 0.717) is 0 Å². The molecule has 0 bridgehead atoms. The minimum atomic E-state index is -0.632. The Morgan fingerprint density at radius 3 is 1.70 bits per heavy atom. The van der Waals surface area contributed by atoms with Gasteiger partial charge in [-0.3, -0.25) is 0 Å². The van der Waals surface area contributed by atoms with Gasteiger partial charge >= 0.3 is 7.32 Å². The van der Waals surface area contributed by atoms with Crippen LogP contribution in [0.4, 0.5) is 0 Å². The van der Waals surface area contributed by atoms with Gasteiger partial charge in [-0.25, -0.2) is 0 Å². The molecule has 0 aliphatic heterocycles. The fourth-order valence-electron chi connectivity index (χ4n) is 1.55. The number of para-hydroxylation sites is 1. The lowest BCUT2D eigenvalue weighted by atomic mass is 9.92. The Hall–Kier alpha value is -1.04. The smallest absolute Gasteiger partial charge is 0.512 e. The first-order valence-electron chi connectivity index (χ1n) is 7.11. The predicted octanol–water partition coefficient (Wildman–Crippen LogP) is 3.26. The van der Waals surface area contributed by atoms with Crippen molar-refractivity contribution in [3.8, 4) is 5.75 Å². The highest BCUT2D eigenvalue weighted by Crippen LogP contribution is 2.14. The van der Waals surface area contributed by atoms with Crippen molar-refractivity contribution in [2.24, 2.45) is 5.73 Å². The van der Waals surface area contributed by atoms with Crippen LogP contribution in [-0.2, 0) is 9.31 Å². The van der Waals surface area contributed by atoms with Gasteiger partial charge in [0.2, 0.25) is 0 Å². The average molecular weight is 281 g/mol. The van der Waals surface area contributed by atoms with E-state index >= 15 is 0 Å². The first kappa shape index (κ1) is 19.0. The Bertz CT molecular complexity index is 319. The Labute approximate surface area is 123 Å². The van der Waals surface area contributed by atoms with Gasteiger partial charge in [-0.2, -0.15) is 0 Å². The van der Waals surface area contributed by atoms with Gasteiger partial charge in [0.15, 0.2) is 0 Å². The molecule has 0 unspecified atom stereocenters. The standard InChI is InChI=1S/C8H11BO3.C7H17N/c1-10-9(11-2)12-8-6-4-3-5-7-8;1-4-7(8,5-2)6-3/h3-7H,1-2H3;4-6,8H2,1-3H3. The van der Waals surface area contributed by atoms with E-state index in [4.69, 9.17) is 19.7 Å². The Balaban J connectivity index is 0.000000396. The van der Waals surface area contributed by atoms with Crippen molar-refractivity contribution in [1.82, 2.24) is 0 Å². The van der Waals surface area contributed by atoms with Crippen LogP contribution in [0.15, 0.2) is 30.3 Å². The Kier molecular flexibility index (Phi) is 10.2. The van der Waals surface area contributed by atoms with Crippen molar-refractivity contribution in [2.45, 2.75) is 45.6 Å². The fourth-order valence-corrected chi connectivity index (χ4v) is 1.55. The Morgan fingerprint density at radius 1 is 0.950 bits per heavy atom. The molecule has 0 atom stereocenters. The molecule has 0 saturated heterocycles. The molecule has 0 aromatic heterocycles. The molecule has 20 heavy (non-hydrogen) atoms. The lowest BCUT2D eigenvalue weighted by molar-refractivity contribution is 0.201. The van der Waals surface area contributed by atoms with Crippen molar-refractivity contribution in [3.05, 3.63) is 30.3 Å². The van der Waals surface area contributed by atoms with E-state index in [9.17, 15) is 0 Å². The molecule has 0 spiro atoms. The maximum Gasteiger partial charge on any atom is 0.712 e. The van der Waals surface area contributed by atoms with Crippen LogP contribution in [0, 0.1) is 0 Å². The van der Waals surface area contributed by atoms with Crippen molar-refractivity contribution in [3.63, 3.8) is 0 Å². The summed E-state index contributed by atoms with van der Waals surface area (Å²) in [5.41, 5.74) is 6.02. The number of nitrogens with two attached hydrogens (primary N) is 1. The third kappa shape index (κ3) is 7.53. The monoisotopic (exact) mass is 281 g/mol. The fraction of sp³-hybridized carbons (Fsp3) is 0.600. The third-order valence-electron chi connectivity index (χ3n) is 3.47. The molecule has 1 aromatic rings. The topological polar surface area (TPSA) is 53.7 Å². The van der Waals surface area contributed by atoms with Crippen LogP contribution in [0.5, 0.6) is 5.75 Å². The highest BCUT2D eigenvalue weighted by atomic mass is 16.7. The van der Waals surface area contributed by atoms with Crippen LogP contribution in [0.25, 0.3) is 0 Å². The van der Waals surface area contributed by atoms with Gasteiger partial charge in [-0.1, -0.05) is 39.0 Å². The van der Waals surface area contributed by atoms with Crippen LogP contribution in [-0.4, -0.2) is 27.1 Å². The SMILES string of the molecule is CCC(N)(CC)CC.COB(OC)Oc1ccccc1. The van der Waals surface area contributed by atoms with E-state index in [1.807, 2.05) is 30.3 Å². The number of benzene rings is 1. The summed E-state index contributed by atoms with van der Waals surface area (Å²) in [4.78, 5) is 0. The van der Waals surface area contributed by atoms with E-state index in [2.05, 4.69) is 20.8 Å². The summed E-state index contributed by atoms with van der Waals surface area (Å²) in [6, 6.07) is 9.37. The molecule has 0 aliphatic carbocycles. The minimum Gasteiger partial charge on any atom is -0.512 e. The highest BCUT2D eigenvalue weighted by Gasteiger charge is 2.19. The molecular formula is C15H28BNO3. The first-order chi connectivity index (χ1) is 9.55. The van der Waals surface area contributed by atoms with Crippen molar-refractivity contribution in [1.29, 1.82) is 0 Å². The third-order valence-corrected chi connectivity index (χ3v) is 3.47. The van der Waals surface area contributed by atoms with Crippen LogP contribution >= 0.6 is 0 Å². The van der Waals surface area contributed by atoms with Gasteiger partial charge in [-0.05, 0) is 31.4 Å². The van der Waals surface area contributed by atoms with Crippen LogP contribution in [0.1, 0.15) is 40.0 Å². The number of rotatable bonds is 7. The van der Waals surface area contributed by atoms with Gasteiger partial charge in [0.25, 0.3) is 0 Å². The van der Waals surface area contributed by atoms with Crippen molar-refractivity contribution < 1.29 is 14.0 Å². The quantitative estimate of drug-likeness (QED) is 0.779. The van der Waals surface area contributed by atoms with E-state index in [1.54, 1.807) is 0 Å². The molecule has 5 heteroatoms. The maximum absolute atomic E-state index is 5.90. The van der Waals surface area contributed by atoms with E-state index in [-0.39, 0.29) is 5.54 Å². The summed E-state index contributed by atoms with van der Waals surface area (Å²) in [6.07, 6.45) is 3.29. The molecule has 0 amide bonds. The Morgan fingerprint density at radius 2 is 1.40 bits per heavy atom. The molecule has 0 aliphatic rings. The maximum atomic E-state index is 5.90. The van der Waals surface area contributed by atoms with Crippen molar-refractivity contribution >= 4 is 7.32 Å². The van der Waals surface area contributed by atoms with Gasteiger partial charge in [-0.15, -0.1) is 0 Å². The predicted molar refractivity (Wildman–Crippen MR) is 84.6 cm³/mol. The van der Waals surface area contributed by atoms with Gasteiger partial charge in [0.1, 0.15) is 5.75 Å². The molecule has 0 saturated carbocycles. The zero-order chi connectivity index (χ0) is 15.4. The second-order valence-electron chi connectivity index (χ2n) is 4.61. The summed E-state index contributed by atoms with van der Waals surface area (Å²) >= 11 is 0. The second-order valence-corrected chi connectivity index (χ2v) is 4.61. The first-order valence-corrected chi connectivity index (χ1v) is 7.11. The summed E-state index contributed by atoms with van der Waals surface area (Å²) in [7, 11) is 2.42. The lowest BCUT2D eigenvalue weighted by Crippen LogP contribution is -2.37. The molecule has 2 N–H and O–H groups in total. The molecule has 1 rings (SSSR count). The van der Waals surface area contributed by atoms with E-state index in [0.717, 1.165) is 25.0 Å². The highest BCUT2D eigenvalue weighted by molar-refractivity contribution is 6.37.